The maximum Gasteiger partial charge on any atom is 0.229 e. The monoisotopic (exact) mass is 541 g/mol. The Balaban J connectivity index is 1.31. The topological polar surface area (TPSA) is 108 Å². The molecule has 0 atom stereocenters. The van der Waals surface area contributed by atoms with Crippen molar-refractivity contribution in [3.05, 3.63) is 84.9 Å². The maximum atomic E-state index is 12.2. The van der Waals surface area contributed by atoms with Gasteiger partial charge in [0.25, 0.3) is 0 Å². The SMILES string of the molecule is CS(=O)(=O)Nc1cc(-c2cnc3[nH]cc(-c4cnn(CCc5ccccc5)c4)c3c2)ccc1N1CCNCC1. The van der Waals surface area contributed by atoms with Crippen LogP contribution in [0.25, 0.3) is 33.3 Å². The maximum absolute atomic E-state index is 12.2. The van der Waals surface area contributed by atoms with Gasteiger partial charge in [0, 0.05) is 73.4 Å². The van der Waals surface area contributed by atoms with E-state index in [1.54, 1.807) is 0 Å². The van der Waals surface area contributed by atoms with Crippen LogP contribution in [-0.4, -0.2) is 60.6 Å². The fraction of sp³-hybridized carbons (Fsp3) is 0.241. The standard InChI is InChI=1S/C29H31N7O2S/c1-39(37,38)34-27-16-22(7-8-28(27)35-13-10-30-11-14-35)23-15-25-26(19-32-29(25)31-17-23)24-18-33-36(20-24)12-9-21-5-3-2-4-6-21/h2-8,15-20,30,34H,9-14H2,1H3,(H,31,32). The Morgan fingerprint density at radius 3 is 2.59 bits per heavy atom. The third-order valence-electron chi connectivity index (χ3n) is 7.03. The van der Waals surface area contributed by atoms with E-state index in [9.17, 15) is 8.42 Å². The highest BCUT2D eigenvalue weighted by Crippen LogP contribution is 2.35. The molecule has 6 rings (SSSR count). The number of pyridine rings is 1. The van der Waals surface area contributed by atoms with Crippen molar-refractivity contribution in [3.63, 3.8) is 0 Å². The van der Waals surface area contributed by atoms with Crippen LogP contribution < -0.4 is 14.9 Å². The molecule has 9 nitrogen and oxygen atoms in total. The summed E-state index contributed by atoms with van der Waals surface area (Å²) in [6.07, 6.45) is 9.82. The van der Waals surface area contributed by atoms with Gasteiger partial charge in [-0.1, -0.05) is 36.4 Å². The Morgan fingerprint density at radius 2 is 1.79 bits per heavy atom. The fourth-order valence-corrected chi connectivity index (χ4v) is 5.65. The predicted octanol–water partition coefficient (Wildman–Crippen LogP) is 4.12. The van der Waals surface area contributed by atoms with E-state index < -0.39 is 10.0 Å². The van der Waals surface area contributed by atoms with Gasteiger partial charge in [-0.15, -0.1) is 0 Å². The average molecular weight is 542 g/mol. The number of piperazine rings is 1. The molecule has 0 spiro atoms. The largest absolute Gasteiger partial charge is 0.367 e. The first-order valence-corrected chi connectivity index (χ1v) is 14.9. The molecule has 10 heteroatoms. The molecule has 3 N–H and O–H groups in total. The Hall–Kier alpha value is -4.15. The first-order chi connectivity index (χ1) is 18.9. The van der Waals surface area contributed by atoms with Crippen molar-refractivity contribution in [1.29, 1.82) is 0 Å². The number of anilines is 2. The smallest absolute Gasteiger partial charge is 0.229 e. The Kier molecular flexibility index (Phi) is 6.80. The zero-order valence-corrected chi connectivity index (χ0v) is 22.6. The summed E-state index contributed by atoms with van der Waals surface area (Å²) in [5.74, 6) is 0. The van der Waals surface area contributed by atoms with Gasteiger partial charge in [0.2, 0.25) is 10.0 Å². The number of sulfonamides is 1. The molecular formula is C29H31N7O2S. The minimum absolute atomic E-state index is 0.575. The number of aryl methyl sites for hydroxylation is 2. The van der Waals surface area contributed by atoms with Gasteiger partial charge in [0.15, 0.2) is 0 Å². The molecule has 0 radical (unpaired) electrons. The van der Waals surface area contributed by atoms with Crippen LogP contribution in [0.4, 0.5) is 11.4 Å². The molecule has 1 saturated heterocycles. The number of fused-ring (bicyclic) bond motifs is 1. The Morgan fingerprint density at radius 1 is 0.974 bits per heavy atom. The molecule has 2 aromatic carbocycles. The molecule has 0 aliphatic carbocycles. The summed E-state index contributed by atoms with van der Waals surface area (Å²) in [4.78, 5) is 10.1. The van der Waals surface area contributed by atoms with E-state index in [-0.39, 0.29) is 0 Å². The molecular weight excluding hydrogens is 510 g/mol. The summed E-state index contributed by atoms with van der Waals surface area (Å²) >= 11 is 0. The summed E-state index contributed by atoms with van der Waals surface area (Å²) in [5.41, 5.74) is 7.36. The van der Waals surface area contributed by atoms with Gasteiger partial charge in [0.1, 0.15) is 5.65 Å². The van der Waals surface area contributed by atoms with E-state index in [4.69, 9.17) is 0 Å². The number of hydrogen-bond donors (Lipinski definition) is 3. The van der Waals surface area contributed by atoms with Crippen LogP contribution in [0.15, 0.2) is 79.4 Å². The summed E-state index contributed by atoms with van der Waals surface area (Å²) < 4.78 is 29.1. The highest BCUT2D eigenvalue weighted by atomic mass is 32.2. The summed E-state index contributed by atoms with van der Waals surface area (Å²) in [6, 6.07) is 18.4. The van der Waals surface area contributed by atoms with Gasteiger partial charge in [-0.05, 0) is 35.7 Å². The number of nitrogens with zero attached hydrogens (tertiary/aromatic N) is 4. The lowest BCUT2D eigenvalue weighted by atomic mass is 10.0. The van der Waals surface area contributed by atoms with E-state index in [0.29, 0.717) is 5.69 Å². The van der Waals surface area contributed by atoms with Crippen molar-refractivity contribution in [3.8, 4) is 22.3 Å². The van der Waals surface area contributed by atoms with Gasteiger partial charge in [-0.3, -0.25) is 9.40 Å². The summed E-state index contributed by atoms with van der Waals surface area (Å²) in [5, 5.41) is 8.91. The third-order valence-corrected chi connectivity index (χ3v) is 7.62. The van der Waals surface area contributed by atoms with Gasteiger partial charge in [0.05, 0.1) is 23.8 Å². The molecule has 0 saturated carbocycles. The zero-order valence-electron chi connectivity index (χ0n) is 21.8. The molecule has 1 fully saturated rings. The highest BCUT2D eigenvalue weighted by Gasteiger charge is 2.18. The van der Waals surface area contributed by atoms with Crippen LogP contribution in [0.5, 0.6) is 0 Å². The summed E-state index contributed by atoms with van der Waals surface area (Å²) in [7, 11) is -3.45. The minimum atomic E-state index is -3.45. The third kappa shape index (κ3) is 5.67. The zero-order chi connectivity index (χ0) is 26.8. The molecule has 0 bridgehead atoms. The van der Waals surface area contributed by atoms with Crippen molar-refractivity contribution in [2.24, 2.45) is 0 Å². The lowest BCUT2D eigenvalue weighted by Gasteiger charge is -2.31. The van der Waals surface area contributed by atoms with Crippen molar-refractivity contribution in [2.45, 2.75) is 13.0 Å². The quantitative estimate of drug-likeness (QED) is 0.273. The molecule has 1 aliphatic rings. The number of aromatic amines is 1. The Labute approximate surface area is 227 Å². The van der Waals surface area contributed by atoms with Crippen LogP contribution in [0.3, 0.4) is 0 Å². The molecule has 39 heavy (non-hydrogen) atoms. The van der Waals surface area contributed by atoms with Crippen molar-refractivity contribution in [2.75, 3.05) is 42.1 Å². The molecule has 0 unspecified atom stereocenters. The second kappa shape index (κ2) is 10.5. The average Bonchev–Trinajstić information content (AvgIpc) is 3.59. The molecule has 0 amide bonds. The summed E-state index contributed by atoms with van der Waals surface area (Å²) in [6.45, 7) is 4.15. The van der Waals surface area contributed by atoms with Crippen LogP contribution in [0, 0.1) is 0 Å². The van der Waals surface area contributed by atoms with E-state index in [1.807, 2.05) is 47.5 Å². The number of benzene rings is 2. The second-order valence-corrected chi connectivity index (χ2v) is 11.6. The fourth-order valence-electron chi connectivity index (χ4n) is 5.09. The molecule has 4 heterocycles. The Bertz CT molecular complexity index is 1700. The minimum Gasteiger partial charge on any atom is -0.367 e. The number of hydrogen-bond acceptors (Lipinski definition) is 6. The van der Waals surface area contributed by atoms with Crippen molar-refractivity contribution < 1.29 is 8.42 Å². The molecule has 1 aliphatic heterocycles. The molecule has 200 valence electrons. The van der Waals surface area contributed by atoms with E-state index >= 15 is 0 Å². The molecule has 3 aromatic heterocycles. The van der Waals surface area contributed by atoms with Gasteiger partial charge in [-0.2, -0.15) is 5.10 Å². The number of H-pyrrole nitrogens is 1. The highest BCUT2D eigenvalue weighted by molar-refractivity contribution is 7.92. The number of aromatic nitrogens is 4. The van der Waals surface area contributed by atoms with Crippen molar-refractivity contribution in [1.82, 2.24) is 25.1 Å². The number of nitrogens with one attached hydrogen (secondary N) is 3. The molecule has 5 aromatic rings. The van der Waals surface area contributed by atoms with Crippen LogP contribution in [-0.2, 0) is 23.0 Å². The lowest BCUT2D eigenvalue weighted by Crippen LogP contribution is -2.43. The van der Waals surface area contributed by atoms with Gasteiger partial charge < -0.3 is 15.2 Å². The van der Waals surface area contributed by atoms with E-state index in [0.717, 1.165) is 78.1 Å². The predicted molar refractivity (Wildman–Crippen MR) is 156 cm³/mol. The first-order valence-electron chi connectivity index (χ1n) is 13.0. The van der Waals surface area contributed by atoms with Gasteiger partial charge in [-0.25, -0.2) is 13.4 Å². The van der Waals surface area contributed by atoms with Crippen molar-refractivity contribution >= 4 is 32.4 Å². The lowest BCUT2D eigenvalue weighted by molar-refractivity contribution is 0.589. The number of rotatable bonds is 8. The van der Waals surface area contributed by atoms with E-state index in [1.165, 1.54) is 11.8 Å². The second-order valence-electron chi connectivity index (χ2n) is 9.89. The van der Waals surface area contributed by atoms with Crippen LogP contribution >= 0.6 is 0 Å². The van der Waals surface area contributed by atoms with Crippen LogP contribution in [0.2, 0.25) is 0 Å². The van der Waals surface area contributed by atoms with E-state index in [2.05, 4.69) is 66.5 Å². The van der Waals surface area contributed by atoms with Gasteiger partial charge >= 0.3 is 0 Å². The van der Waals surface area contributed by atoms with Crippen LogP contribution in [0.1, 0.15) is 5.56 Å². The normalized spacial score (nSPS) is 14.1. The first kappa shape index (κ1) is 25.1.